The number of rotatable bonds is 8. The van der Waals surface area contributed by atoms with Crippen molar-refractivity contribution in [3.8, 4) is 17.1 Å². The Kier molecular flexibility index (Phi) is 7.19. The van der Waals surface area contributed by atoms with Gasteiger partial charge in [0.2, 0.25) is 5.43 Å². The van der Waals surface area contributed by atoms with Crippen LogP contribution in [-0.4, -0.2) is 6.61 Å². The molecule has 138 valence electrons. The molecule has 0 amide bonds. The van der Waals surface area contributed by atoms with E-state index in [4.69, 9.17) is 9.15 Å². The first kappa shape index (κ1) is 19.9. The Morgan fingerprint density at radius 3 is 2.58 bits per heavy atom. The van der Waals surface area contributed by atoms with E-state index in [9.17, 15) is 4.79 Å². The van der Waals surface area contributed by atoms with E-state index in [-0.39, 0.29) is 5.43 Å². The fraction of sp³-hybridized carbons (Fsp3) is 0.381. The number of hydrogen-bond donors (Lipinski definition) is 0. The molecule has 0 spiro atoms. The maximum absolute atomic E-state index is 12.2. The zero-order valence-electron chi connectivity index (χ0n) is 14.8. The highest BCUT2D eigenvalue weighted by molar-refractivity contribution is 14.1. The molecule has 0 N–H and O–H groups in total. The molecule has 2 aliphatic rings. The summed E-state index contributed by atoms with van der Waals surface area (Å²) in [5.74, 6) is 1.47. The van der Waals surface area contributed by atoms with E-state index in [1.807, 2.05) is 24.3 Å². The standard InChI is InChI=1S/C21H22I2O3/c1-2-3-4-5-6-7-10-25-16-9-8-14-11-15-12-17(22)20(24)19(23)21(15)26-18(14)13-16/h8-9,11-13H,2-7,10H2,1H3. The van der Waals surface area contributed by atoms with E-state index in [1.165, 1.54) is 32.1 Å². The second-order valence-electron chi connectivity index (χ2n) is 6.48. The molecule has 0 radical (unpaired) electrons. The number of halogens is 2. The third-order valence-corrected chi connectivity index (χ3v) is 6.22. The van der Waals surface area contributed by atoms with E-state index in [2.05, 4.69) is 58.2 Å². The molecule has 0 aromatic heterocycles. The average molecular weight is 576 g/mol. The van der Waals surface area contributed by atoms with Gasteiger partial charge in [-0.15, -0.1) is 0 Å². The molecule has 3 rings (SSSR count). The van der Waals surface area contributed by atoms with Crippen LogP contribution in [0, 0.1) is 7.14 Å². The summed E-state index contributed by atoms with van der Waals surface area (Å²) in [7, 11) is 0. The Labute approximate surface area is 181 Å². The lowest BCUT2D eigenvalue weighted by atomic mass is 10.1. The highest BCUT2D eigenvalue weighted by Crippen LogP contribution is 2.33. The summed E-state index contributed by atoms with van der Waals surface area (Å²) >= 11 is 4.15. The lowest BCUT2D eigenvalue weighted by Gasteiger charge is -2.11. The third kappa shape index (κ3) is 4.71. The van der Waals surface area contributed by atoms with Gasteiger partial charge in [-0.1, -0.05) is 39.0 Å². The van der Waals surface area contributed by atoms with Crippen LogP contribution in [0.25, 0.3) is 22.3 Å². The molecule has 1 aliphatic heterocycles. The maximum atomic E-state index is 12.2. The van der Waals surface area contributed by atoms with Crippen LogP contribution in [-0.2, 0) is 0 Å². The summed E-state index contributed by atoms with van der Waals surface area (Å²) in [6.07, 6.45) is 7.49. The van der Waals surface area contributed by atoms with E-state index in [1.54, 1.807) is 0 Å². The molecule has 1 aromatic carbocycles. The van der Waals surface area contributed by atoms with Gasteiger partial charge in [-0.2, -0.15) is 0 Å². The summed E-state index contributed by atoms with van der Waals surface area (Å²) in [6.45, 7) is 2.96. The predicted molar refractivity (Wildman–Crippen MR) is 123 cm³/mol. The van der Waals surface area contributed by atoms with Gasteiger partial charge < -0.3 is 9.15 Å². The lowest BCUT2D eigenvalue weighted by molar-refractivity contribution is 0.304. The SMILES string of the molecule is CCCCCCCCOc1ccc2cc3cc(I)c(=O)c(I)c-3oc2c1. The molecule has 26 heavy (non-hydrogen) atoms. The van der Waals surface area contributed by atoms with Crippen molar-refractivity contribution in [2.45, 2.75) is 45.4 Å². The van der Waals surface area contributed by atoms with Crippen LogP contribution >= 0.6 is 45.2 Å². The number of fused-ring (bicyclic) bond motifs is 2. The summed E-state index contributed by atoms with van der Waals surface area (Å²) in [5, 5.41) is 1.01. The van der Waals surface area contributed by atoms with Crippen LogP contribution in [0.3, 0.4) is 0 Å². The minimum atomic E-state index is 0.0253. The molecule has 5 heteroatoms. The molecular weight excluding hydrogens is 554 g/mol. The maximum Gasteiger partial charge on any atom is 0.209 e. The number of unbranched alkanes of at least 4 members (excludes halogenated alkanes) is 5. The Balaban J connectivity index is 1.73. The highest BCUT2D eigenvalue weighted by atomic mass is 127. The van der Waals surface area contributed by atoms with E-state index >= 15 is 0 Å². The molecule has 1 heterocycles. The molecule has 0 saturated carbocycles. The van der Waals surface area contributed by atoms with Crippen molar-refractivity contribution in [2.24, 2.45) is 0 Å². The smallest absolute Gasteiger partial charge is 0.209 e. The highest BCUT2D eigenvalue weighted by Gasteiger charge is 2.16. The Bertz CT molecular complexity index is 917. The van der Waals surface area contributed by atoms with Crippen molar-refractivity contribution in [3.63, 3.8) is 0 Å². The van der Waals surface area contributed by atoms with E-state index in [0.717, 1.165) is 35.3 Å². The van der Waals surface area contributed by atoms with Crippen molar-refractivity contribution in [1.82, 2.24) is 0 Å². The van der Waals surface area contributed by atoms with Crippen LogP contribution in [0.2, 0.25) is 0 Å². The summed E-state index contributed by atoms with van der Waals surface area (Å²) in [6, 6.07) is 9.87. The molecule has 0 saturated heterocycles. The van der Waals surface area contributed by atoms with Crippen LogP contribution in [0.5, 0.6) is 5.75 Å². The van der Waals surface area contributed by atoms with Crippen molar-refractivity contribution in [1.29, 1.82) is 0 Å². The normalized spacial score (nSPS) is 11.3. The first-order valence-corrected chi connectivity index (χ1v) is 11.2. The van der Waals surface area contributed by atoms with Gasteiger partial charge >= 0.3 is 0 Å². The molecule has 0 unspecified atom stereocenters. The van der Waals surface area contributed by atoms with Gasteiger partial charge in [0.05, 0.1) is 10.2 Å². The molecule has 3 nitrogen and oxygen atoms in total. The average Bonchev–Trinajstić information content (AvgIpc) is 2.64. The molecule has 0 atom stereocenters. The van der Waals surface area contributed by atoms with Crippen LogP contribution in [0.1, 0.15) is 45.4 Å². The molecular formula is C21H22I2O3. The minimum absolute atomic E-state index is 0.0253. The second kappa shape index (κ2) is 9.39. The number of benzene rings is 2. The van der Waals surface area contributed by atoms with E-state index in [0.29, 0.717) is 12.9 Å². The first-order chi connectivity index (χ1) is 12.6. The Hall–Kier alpha value is -0.830. The molecule has 1 aromatic rings. The van der Waals surface area contributed by atoms with Crippen molar-refractivity contribution >= 4 is 56.2 Å². The zero-order chi connectivity index (χ0) is 18.5. The minimum Gasteiger partial charge on any atom is -0.493 e. The zero-order valence-corrected chi connectivity index (χ0v) is 19.1. The summed E-state index contributed by atoms with van der Waals surface area (Å²) < 4.78 is 13.3. The fourth-order valence-corrected chi connectivity index (χ4v) is 4.81. The van der Waals surface area contributed by atoms with Gasteiger partial charge in [0.15, 0.2) is 5.76 Å². The summed E-state index contributed by atoms with van der Waals surface area (Å²) in [5.41, 5.74) is 1.72. The third-order valence-electron chi connectivity index (χ3n) is 4.43. The molecule has 0 bridgehead atoms. The van der Waals surface area contributed by atoms with Gasteiger partial charge in [-0.3, -0.25) is 4.79 Å². The van der Waals surface area contributed by atoms with Crippen molar-refractivity contribution < 1.29 is 9.15 Å². The molecule has 0 fully saturated rings. The second-order valence-corrected chi connectivity index (χ2v) is 8.72. The fourth-order valence-electron chi connectivity index (χ4n) is 2.98. The predicted octanol–water partition coefficient (Wildman–Crippen LogP) is 6.85. The van der Waals surface area contributed by atoms with Gasteiger partial charge in [-0.05, 0) is 75.9 Å². The number of hydrogen-bond acceptors (Lipinski definition) is 3. The van der Waals surface area contributed by atoms with Crippen molar-refractivity contribution in [2.75, 3.05) is 6.61 Å². The number of ether oxygens (including phenoxy) is 1. The van der Waals surface area contributed by atoms with Gasteiger partial charge in [0.25, 0.3) is 0 Å². The van der Waals surface area contributed by atoms with Crippen LogP contribution < -0.4 is 10.2 Å². The quantitative estimate of drug-likeness (QED) is 0.168. The van der Waals surface area contributed by atoms with E-state index < -0.39 is 0 Å². The monoisotopic (exact) mass is 576 g/mol. The largest absolute Gasteiger partial charge is 0.493 e. The molecule has 1 aliphatic carbocycles. The lowest BCUT2D eigenvalue weighted by Crippen LogP contribution is -2.11. The van der Waals surface area contributed by atoms with Gasteiger partial charge in [-0.25, -0.2) is 0 Å². The summed E-state index contributed by atoms with van der Waals surface area (Å²) in [4.78, 5) is 12.2. The van der Waals surface area contributed by atoms with Gasteiger partial charge in [0, 0.05) is 17.0 Å². The Morgan fingerprint density at radius 1 is 1.00 bits per heavy atom. The first-order valence-electron chi connectivity index (χ1n) is 9.08. The van der Waals surface area contributed by atoms with Crippen LogP contribution in [0.15, 0.2) is 39.5 Å². The van der Waals surface area contributed by atoms with Crippen molar-refractivity contribution in [3.05, 3.63) is 47.7 Å². The van der Waals surface area contributed by atoms with Gasteiger partial charge in [0.1, 0.15) is 14.9 Å². The topological polar surface area (TPSA) is 39.4 Å². The van der Waals surface area contributed by atoms with Crippen LogP contribution in [0.4, 0.5) is 0 Å². The Morgan fingerprint density at radius 2 is 1.77 bits per heavy atom.